The van der Waals surface area contributed by atoms with Crippen LogP contribution in [0.25, 0.3) is 11.0 Å². The smallest absolute Gasteiger partial charge is 0.249 e. The second-order valence-electron chi connectivity index (χ2n) is 7.93. The van der Waals surface area contributed by atoms with Crippen molar-refractivity contribution in [1.82, 2.24) is 19.8 Å². The number of aromatic nitrogens is 2. The van der Waals surface area contributed by atoms with Gasteiger partial charge in [-0.3, -0.25) is 9.59 Å². The van der Waals surface area contributed by atoms with Crippen molar-refractivity contribution in [3.05, 3.63) is 30.1 Å². The van der Waals surface area contributed by atoms with Crippen molar-refractivity contribution in [3.63, 3.8) is 0 Å². The van der Waals surface area contributed by atoms with Crippen LogP contribution in [0.5, 0.6) is 0 Å². The highest BCUT2D eigenvalue weighted by molar-refractivity contribution is 5.81. The Bertz CT molecular complexity index is 849. The normalized spacial score (nSPS) is 20.0. The summed E-state index contributed by atoms with van der Waals surface area (Å²) in [6.45, 7) is 3.29. The number of hydrogen-bond donors (Lipinski definition) is 1. The third-order valence-corrected chi connectivity index (χ3v) is 5.88. The molecule has 0 aliphatic carbocycles. The van der Waals surface area contributed by atoms with Crippen molar-refractivity contribution < 1.29 is 14.3 Å². The van der Waals surface area contributed by atoms with Crippen molar-refractivity contribution in [1.29, 1.82) is 0 Å². The van der Waals surface area contributed by atoms with Crippen molar-refractivity contribution in [2.24, 2.45) is 0 Å². The van der Waals surface area contributed by atoms with E-state index in [1.165, 1.54) is 12.8 Å². The average Bonchev–Trinajstić information content (AvgIpc) is 3.31. The fraction of sp³-hybridized carbons (Fsp3) is 0.591. The Hall–Kier alpha value is -2.41. The number of para-hydroxylation sites is 2. The molecule has 29 heavy (non-hydrogen) atoms. The molecule has 2 saturated heterocycles. The molecule has 4 rings (SSSR count). The maximum atomic E-state index is 12.7. The predicted molar refractivity (Wildman–Crippen MR) is 110 cm³/mol. The van der Waals surface area contributed by atoms with E-state index in [1.807, 2.05) is 29.2 Å². The van der Waals surface area contributed by atoms with Crippen LogP contribution in [0.15, 0.2) is 24.3 Å². The molecule has 1 aromatic heterocycles. The van der Waals surface area contributed by atoms with Gasteiger partial charge in [0.05, 0.1) is 17.6 Å². The molecule has 0 radical (unpaired) electrons. The Morgan fingerprint density at radius 1 is 1.10 bits per heavy atom. The minimum Gasteiger partial charge on any atom is -0.368 e. The number of fused-ring (bicyclic) bond motifs is 1. The lowest BCUT2D eigenvalue weighted by molar-refractivity contribution is -0.131. The lowest BCUT2D eigenvalue weighted by Crippen LogP contribution is -2.35. The molecule has 1 aromatic carbocycles. The third kappa shape index (κ3) is 4.78. The summed E-state index contributed by atoms with van der Waals surface area (Å²) >= 11 is 0. The van der Waals surface area contributed by atoms with E-state index in [2.05, 4.69) is 9.88 Å². The van der Waals surface area contributed by atoms with Gasteiger partial charge in [0, 0.05) is 32.7 Å². The van der Waals surface area contributed by atoms with Gasteiger partial charge >= 0.3 is 0 Å². The minimum atomic E-state index is -0.350. The molecule has 0 bridgehead atoms. The molecule has 2 aromatic rings. The quantitative estimate of drug-likeness (QED) is 0.812. The number of benzene rings is 1. The number of nitrogens with zero attached hydrogens (tertiary/aromatic N) is 3. The second-order valence-corrected chi connectivity index (χ2v) is 7.93. The zero-order chi connectivity index (χ0) is 20.1. The lowest BCUT2D eigenvalue weighted by atomic mass is 10.2. The summed E-state index contributed by atoms with van der Waals surface area (Å²) in [5.41, 5.74) is 1.88. The molecule has 2 amide bonds. The van der Waals surface area contributed by atoms with Crippen LogP contribution < -0.4 is 5.32 Å². The van der Waals surface area contributed by atoms with Crippen LogP contribution in [-0.4, -0.2) is 52.1 Å². The van der Waals surface area contributed by atoms with Gasteiger partial charge in [-0.25, -0.2) is 4.98 Å². The van der Waals surface area contributed by atoms with Gasteiger partial charge in [0.15, 0.2) is 0 Å². The summed E-state index contributed by atoms with van der Waals surface area (Å²) in [6.07, 6.45) is 6.42. The van der Waals surface area contributed by atoms with E-state index in [0.717, 1.165) is 55.6 Å². The first-order valence-electron chi connectivity index (χ1n) is 10.8. The highest BCUT2D eigenvalue weighted by Crippen LogP contribution is 2.18. The molecule has 3 heterocycles. The Morgan fingerprint density at radius 3 is 2.66 bits per heavy atom. The van der Waals surface area contributed by atoms with Crippen molar-refractivity contribution in [2.45, 2.75) is 64.1 Å². The summed E-state index contributed by atoms with van der Waals surface area (Å²) in [5.74, 6) is 0.905. The van der Waals surface area contributed by atoms with E-state index in [-0.39, 0.29) is 17.9 Å². The number of imidazole rings is 1. The summed E-state index contributed by atoms with van der Waals surface area (Å²) in [7, 11) is 0. The van der Waals surface area contributed by atoms with Gasteiger partial charge in [-0.15, -0.1) is 0 Å². The topological polar surface area (TPSA) is 76.5 Å². The Labute approximate surface area is 171 Å². The number of amides is 2. The number of nitrogens with one attached hydrogen (secondary N) is 1. The van der Waals surface area contributed by atoms with E-state index in [1.54, 1.807) is 0 Å². The summed E-state index contributed by atoms with van der Waals surface area (Å²) in [6, 6.07) is 7.92. The van der Waals surface area contributed by atoms with Crippen LogP contribution in [0.3, 0.4) is 0 Å². The minimum absolute atomic E-state index is 0.0817. The van der Waals surface area contributed by atoms with Gasteiger partial charge in [0.25, 0.3) is 0 Å². The lowest BCUT2D eigenvalue weighted by Gasteiger charge is -2.21. The van der Waals surface area contributed by atoms with Crippen LogP contribution in [0.1, 0.15) is 50.8 Å². The van der Waals surface area contributed by atoms with Gasteiger partial charge in [0.1, 0.15) is 11.9 Å². The number of carbonyl (C=O) groups excluding carboxylic acids is 2. The molecule has 7 nitrogen and oxygen atoms in total. The molecule has 1 N–H and O–H groups in total. The highest BCUT2D eigenvalue weighted by atomic mass is 16.5. The van der Waals surface area contributed by atoms with Crippen LogP contribution in [0.2, 0.25) is 0 Å². The van der Waals surface area contributed by atoms with Crippen LogP contribution >= 0.6 is 0 Å². The standard InChI is InChI=1S/C22H30N4O3/c27-21(25-12-5-1-2-6-13-25)11-14-26-18-9-4-3-8-17(18)24-20(26)16-23-22(28)19-10-7-15-29-19/h3-4,8-9,19H,1-2,5-7,10-16H2,(H,23,28). The number of likely N-dealkylation sites (tertiary alicyclic amines) is 1. The van der Waals surface area contributed by atoms with Crippen LogP contribution in [0, 0.1) is 0 Å². The van der Waals surface area contributed by atoms with Crippen LogP contribution in [0.4, 0.5) is 0 Å². The average molecular weight is 399 g/mol. The van der Waals surface area contributed by atoms with Gasteiger partial charge in [-0.2, -0.15) is 0 Å². The van der Waals surface area contributed by atoms with Crippen molar-refractivity contribution in [2.75, 3.05) is 19.7 Å². The fourth-order valence-electron chi connectivity index (χ4n) is 4.26. The van der Waals surface area contributed by atoms with Crippen molar-refractivity contribution in [3.8, 4) is 0 Å². The van der Waals surface area contributed by atoms with E-state index in [9.17, 15) is 9.59 Å². The van der Waals surface area contributed by atoms with Crippen molar-refractivity contribution >= 4 is 22.8 Å². The number of ether oxygens (including phenoxy) is 1. The van der Waals surface area contributed by atoms with Gasteiger partial charge in [-0.1, -0.05) is 25.0 Å². The van der Waals surface area contributed by atoms with E-state index < -0.39 is 0 Å². The molecule has 1 unspecified atom stereocenters. The van der Waals surface area contributed by atoms with Gasteiger partial charge in [-0.05, 0) is 37.8 Å². The fourth-order valence-corrected chi connectivity index (χ4v) is 4.26. The van der Waals surface area contributed by atoms with E-state index >= 15 is 0 Å². The molecule has 2 fully saturated rings. The first-order chi connectivity index (χ1) is 14.2. The summed E-state index contributed by atoms with van der Waals surface area (Å²) in [4.78, 5) is 31.8. The first-order valence-corrected chi connectivity index (χ1v) is 10.8. The van der Waals surface area contributed by atoms with E-state index in [4.69, 9.17) is 9.72 Å². The number of rotatable bonds is 6. The number of hydrogen-bond acceptors (Lipinski definition) is 4. The Kier molecular flexibility index (Phi) is 6.44. The SMILES string of the molecule is O=C(NCc1nc2ccccc2n1CCC(=O)N1CCCCCC1)C1CCCO1. The maximum absolute atomic E-state index is 12.7. The van der Waals surface area contributed by atoms with E-state index in [0.29, 0.717) is 26.1 Å². The molecule has 156 valence electrons. The largest absolute Gasteiger partial charge is 0.368 e. The maximum Gasteiger partial charge on any atom is 0.249 e. The molecule has 2 aliphatic rings. The Balaban J connectivity index is 1.44. The third-order valence-electron chi connectivity index (χ3n) is 5.88. The molecule has 2 aliphatic heterocycles. The molecular formula is C22H30N4O3. The van der Waals surface area contributed by atoms with Gasteiger partial charge in [0.2, 0.25) is 11.8 Å². The summed E-state index contributed by atoms with van der Waals surface area (Å²) in [5, 5.41) is 2.96. The number of carbonyl (C=O) groups is 2. The zero-order valence-electron chi connectivity index (χ0n) is 16.9. The zero-order valence-corrected chi connectivity index (χ0v) is 16.9. The van der Waals surface area contributed by atoms with Gasteiger partial charge < -0.3 is 19.5 Å². The molecule has 1 atom stereocenters. The van der Waals surface area contributed by atoms with Crippen LogP contribution in [-0.2, 0) is 27.4 Å². The molecular weight excluding hydrogens is 368 g/mol. The number of aryl methyl sites for hydroxylation is 1. The monoisotopic (exact) mass is 398 g/mol. The predicted octanol–water partition coefficient (Wildman–Crippen LogP) is 2.62. The first kappa shape index (κ1) is 19.9. The molecule has 0 saturated carbocycles. The second kappa shape index (κ2) is 9.39. The molecule has 7 heteroatoms. The molecule has 0 spiro atoms. The Morgan fingerprint density at radius 2 is 1.90 bits per heavy atom. The summed E-state index contributed by atoms with van der Waals surface area (Å²) < 4.78 is 7.53. The highest BCUT2D eigenvalue weighted by Gasteiger charge is 2.24.